The van der Waals surface area contributed by atoms with Gasteiger partial charge in [0.25, 0.3) is 0 Å². The first-order valence-electron chi connectivity index (χ1n) is 5.68. The summed E-state index contributed by atoms with van der Waals surface area (Å²) in [6.45, 7) is 5.68. The van der Waals surface area contributed by atoms with Crippen molar-refractivity contribution in [2.24, 2.45) is 0 Å². The Morgan fingerprint density at radius 1 is 1.59 bits per heavy atom. The van der Waals surface area contributed by atoms with Crippen LogP contribution in [0.25, 0.3) is 0 Å². The Labute approximate surface area is 110 Å². The van der Waals surface area contributed by atoms with Crippen LogP contribution < -0.4 is 0 Å². The fraction of sp³-hybridized carbons (Fsp3) is 0.500. The topological polar surface area (TPSA) is 36.1 Å². The number of amides is 1. The molecule has 0 atom stereocenters. The van der Waals surface area contributed by atoms with Crippen LogP contribution in [0.5, 0.6) is 0 Å². The maximum Gasteiger partial charge on any atom is 0.228 e. The molecular formula is C12H16N2OS2. The lowest BCUT2D eigenvalue weighted by atomic mass is 10.1. The summed E-state index contributed by atoms with van der Waals surface area (Å²) in [7, 11) is 0. The Morgan fingerprint density at radius 2 is 2.35 bits per heavy atom. The van der Waals surface area contributed by atoms with E-state index in [4.69, 9.17) is 12.2 Å². The first-order chi connectivity index (χ1) is 8.06. The van der Waals surface area contributed by atoms with Crippen LogP contribution >= 0.6 is 23.6 Å². The lowest BCUT2D eigenvalue weighted by Crippen LogP contribution is -2.35. The second kappa shape index (κ2) is 5.14. The van der Waals surface area contributed by atoms with Crippen molar-refractivity contribution in [1.29, 1.82) is 0 Å². The molecule has 0 bridgehead atoms. The molecule has 0 unspecified atom stereocenters. The Kier molecular flexibility index (Phi) is 3.79. The second-order valence-electron chi connectivity index (χ2n) is 4.38. The number of nitrogens with zero attached hydrogens (tertiary/aromatic N) is 1. The third kappa shape index (κ3) is 3.04. The van der Waals surface area contributed by atoms with E-state index in [2.05, 4.69) is 18.0 Å². The number of hydrogen-bond acceptors (Lipinski definition) is 3. The average Bonchev–Trinajstić information content (AvgIpc) is 2.58. The smallest absolute Gasteiger partial charge is 0.228 e. The highest BCUT2D eigenvalue weighted by Gasteiger charge is 2.17. The van der Waals surface area contributed by atoms with E-state index in [1.807, 2.05) is 11.8 Å². The zero-order chi connectivity index (χ0) is 12.4. The Balaban J connectivity index is 2.02. The zero-order valence-corrected chi connectivity index (χ0v) is 11.7. The van der Waals surface area contributed by atoms with Gasteiger partial charge in [-0.2, -0.15) is 0 Å². The zero-order valence-electron chi connectivity index (χ0n) is 10.1. The van der Waals surface area contributed by atoms with Gasteiger partial charge in [0.05, 0.1) is 6.42 Å². The van der Waals surface area contributed by atoms with Gasteiger partial charge in [-0.1, -0.05) is 11.6 Å². The highest BCUT2D eigenvalue weighted by Crippen LogP contribution is 2.17. The molecule has 92 valence electrons. The van der Waals surface area contributed by atoms with Crippen molar-refractivity contribution in [3.8, 4) is 0 Å². The van der Waals surface area contributed by atoms with Crippen LogP contribution in [0.1, 0.15) is 23.9 Å². The summed E-state index contributed by atoms with van der Waals surface area (Å²) >= 11 is 6.58. The minimum absolute atomic E-state index is 0.196. The molecule has 0 radical (unpaired) electrons. The van der Waals surface area contributed by atoms with E-state index in [0.29, 0.717) is 6.42 Å². The van der Waals surface area contributed by atoms with E-state index >= 15 is 0 Å². The van der Waals surface area contributed by atoms with Gasteiger partial charge in [0.1, 0.15) is 0 Å². The van der Waals surface area contributed by atoms with E-state index in [1.165, 1.54) is 16.9 Å². The van der Waals surface area contributed by atoms with Gasteiger partial charge in [-0.3, -0.25) is 4.79 Å². The van der Waals surface area contributed by atoms with Crippen molar-refractivity contribution in [2.75, 3.05) is 13.1 Å². The monoisotopic (exact) mass is 268 g/mol. The highest BCUT2D eigenvalue weighted by molar-refractivity contribution is 7.73. The third-order valence-corrected chi connectivity index (χ3v) is 4.36. The van der Waals surface area contributed by atoms with Gasteiger partial charge in [0.15, 0.2) is 3.95 Å². The van der Waals surface area contributed by atoms with Crippen molar-refractivity contribution < 1.29 is 4.79 Å². The fourth-order valence-corrected chi connectivity index (χ4v) is 3.13. The Morgan fingerprint density at radius 3 is 2.88 bits per heavy atom. The SMILES string of the molecule is CC1=CCN(C(=O)Cc2sc(=S)[nH]c2C)CC1. The van der Waals surface area contributed by atoms with Crippen LogP contribution in [-0.4, -0.2) is 28.9 Å². The Hall–Kier alpha value is -0.940. The number of carbonyl (C=O) groups excluding carboxylic acids is 1. The van der Waals surface area contributed by atoms with Crippen molar-refractivity contribution in [3.05, 3.63) is 26.2 Å². The maximum atomic E-state index is 12.1. The first kappa shape index (κ1) is 12.5. The number of aromatic amines is 1. The lowest BCUT2D eigenvalue weighted by molar-refractivity contribution is -0.130. The fourth-order valence-electron chi connectivity index (χ4n) is 1.85. The molecule has 5 heteroatoms. The number of thiazole rings is 1. The molecule has 0 saturated carbocycles. The molecular weight excluding hydrogens is 252 g/mol. The van der Waals surface area contributed by atoms with Crippen LogP contribution in [0.15, 0.2) is 11.6 Å². The maximum absolute atomic E-state index is 12.1. The second-order valence-corrected chi connectivity index (χ2v) is 6.15. The molecule has 2 heterocycles. The van der Waals surface area contributed by atoms with Crippen LogP contribution in [0.4, 0.5) is 0 Å². The molecule has 1 aliphatic rings. The molecule has 1 aliphatic heterocycles. The standard InChI is InChI=1S/C12H16N2OS2/c1-8-3-5-14(6-4-8)11(15)7-10-9(2)13-12(16)17-10/h3H,4-7H2,1-2H3,(H,13,16). The van der Waals surface area contributed by atoms with Gasteiger partial charge in [0.2, 0.25) is 5.91 Å². The van der Waals surface area contributed by atoms with Gasteiger partial charge >= 0.3 is 0 Å². The molecule has 2 rings (SSSR count). The minimum atomic E-state index is 0.196. The van der Waals surface area contributed by atoms with Gasteiger partial charge in [-0.15, -0.1) is 11.3 Å². The van der Waals surface area contributed by atoms with E-state index in [-0.39, 0.29) is 5.91 Å². The summed E-state index contributed by atoms with van der Waals surface area (Å²) in [6.07, 6.45) is 3.59. The predicted octanol–water partition coefficient (Wildman–Crippen LogP) is 2.84. The molecule has 1 amide bonds. The van der Waals surface area contributed by atoms with Crippen LogP contribution in [0, 0.1) is 10.9 Å². The van der Waals surface area contributed by atoms with E-state index in [1.54, 1.807) is 0 Å². The van der Waals surface area contributed by atoms with Gasteiger partial charge < -0.3 is 9.88 Å². The largest absolute Gasteiger partial charge is 0.341 e. The van der Waals surface area contributed by atoms with E-state index < -0.39 is 0 Å². The van der Waals surface area contributed by atoms with Crippen LogP contribution in [0.3, 0.4) is 0 Å². The summed E-state index contributed by atoms with van der Waals surface area (Å²) in [6, 6.07) is 0. The quantitative estimate of drug-likeness (QED) is 0.661. The Bertz CT molecular complexity index is 513. The summed E-state index contributed by atoms with van der Waals surface area (Å²) in [5.74, 6) is 0.196. The number of hydrogen-bond donors (Lipinski definition) is 1. The molecule has 17 heavy (non-hydrogen) atoms. The lowest BCUT2D eigenvalue weighted by Gasteiger charge is -2.25. The molecule has 1 N–H and O–H groups in total. The molecule has 3 nitrogen and oxygen atoms in total. The van der Waals surface area contributed by atoms with Crippen molar-refractivity contribution in [1.82, 2.24) is 9.88 Å². The van der Waals surface area contributed by atoms with Crippen LogP contribution in [0.2, 0.25) is 0 Å². The minimum Gasteiger partial charge on any atom is -0.341 e. The predicted molar refractivity (Wildman–Crippen MR) is 72.9 cm³/mol. The number of nitrogens with one attached hydrogen (secondary N) is 1. The number of aryl methyl sites for hydroxylation is 1. The summed E-state index contributed by atoms with van der Waals surface area (Å²) < 4.78 is 0.750. The number of aromatic nitrogens is 1. The van der Waals surface area contributed by atoms with E-state index in [9.17, 15) is 4.79 Å². The molecule has 0 aliphatic carbocycles. The first-order valence-corrected chi connectivity index (χ1v) is 6.90. The highest BCUT2D eigenvalue weighted by atomic mass is 32.1. The van der Waals surface area contributed by atoms with Gasteiger partial charge in [0, 0.05) is 23.7 Å². The summed E-state index contributed by atoms with van der Waals surface area (Å²) in [5, 5.41) is 0. The molecule has 0 aromatic carbocycles. The van der Waals surface area contributed by atoms with Crippen molar-refractivity contribution in [3.63, 3.8) is 0 Å². The molecule has 0 saturated heterocycles. The normalized spacial score (nSPS) is 15.9. The van der Waals surface area contributed by atoms with Gasteiger partial charge in [-0.25, -0.2) is 0 Å². The third-order valence-electron chi connectivity index (χ3n) is 3.02. The molecule has 0 fully saturated rings. The molecule has 1 aromatic rings. The number of rotatable bonds is 2. The van der Waals surface area contributed by atoms with Crippen molar-refractivity contribution in [2.45, 2.75) is 26.7 Å². The summed E-state index contributed by atoms with van der Waals surface area (Å²) in [5.41, 5.74) is 2.40. The molecule has 1 aromatic heterocycles. The average molecular weight is 268 g/mol. The number of carbonyl (C=O) groups is 1. The van der Waals surface area contributed by atoms with Gasteiger partial charge in [-0.05, 0) is 32.5 Å². The molecule has 0 spiro atoms. The summed E-state index contributed by atoms with van der Waals surface area (Å²) in [4.78, 5) is 18.1. The van der Waals surface area contributed by atoms with Crippen LogP contribution in [-0.2, 0) is 11.2 Å². The number of H-pyrrole nitrogens is 1. The van der Waals surface area contributed by atoms with E-state index in [0.717, 1.165) is 34.0 Å². The van der Waals surface area contributed by atoms with Crippen molar-refractivity contribution >= 4 is 29.5 Å².